The lowest BCUT2D eigenvalue weighted by Gasteiger charge is -2.09. The van der Waals surface area contributed by atoms with Crippen LogP contribution in [0.1, 0.15) is 10.4 Å². The van der Waals surface area contributed by atoms with Gasteiger partial charge in [0, 0.05) is 25.4 Å². The first kappa shape index (κ1) is 21.2. The monoisotopic (exact) mass is 518 g/mol. The number of nitrogens with one attached hydrogen (secondary N) is 2. The van der Waals surface area contributed by atoms with Gasteiger partial charge in [0.15, 0.2) is 0 Å². The Balaban J connectivity index is 1.55. The zero-order valence-electron chi connectivity index (χ0n) is 15.6. The molecule has 0 spiro atoms. The molecule has 0 bridgehead atoms. The molecule has 3 aromatic rings. The third kappa shape index (κ3) is 6.50. The van der Waals surface area contributed by atoms with Crippen LogP contribution in [0.25, 0.3) is 0 Å². The molecule has 0 radical (unpaired) electrons. The number of halogens is 1. The van der Waals surface area contributed by atoms with E-state index in [2.05, 4.69) is 33.2 Å². The van der Waals surface area contributed by atoms with Gasteiger partial charge in [-0.25, -0.2) is 0 Å². The summed E-state index contributed by atoms with van der Waals surface area (Å²) in [5.41, 5.74) is 1.99. The van der Waals surface area contributed by atoms with Gasteiger partial charge in [-0.15, -0.1) is 11.8 Å². The number of hydrogen-bond acceptors (Lipinski definition) is 4. The van der Waals surface area contributed by atoms with Gasteiger partial charge in [-0.1, -0.05) is 6.07 Å². The van der Waals surface area contributed by atoms with Gasteiger partial charge in [0.2, 0.25) is 5.91 Å². The summed E-state index contributed by atoms with van der Waals surface area (Å²) in [5, 5.41) is 5.75. The van der Waals surface area contributed by atoms with Crippen LogP contribution in [-0.2, 0) is 4.79 Å². The maximum atomic E-state index is 12.4. The number of carbonyl (C=O) groups excluding carboxylic acids is 2. The smallest absolute Gasteiger partial charge is 0.255 e. The number of carbonyl (C=O) groups is 2. The minimum absolute atomic E-state index is 0.0797. The predicted octanol–water partition coefficient (Wildman–Crippen LogP) is 5.28. The average Bonchev–Trinajstić information content (AvgIpc) is 2.74. The van der Waals surface area contributed by atoms with Gasteiger partial charge in [-0.05, 0) is 89.3 Å². The number of hydrogen-bond donors (Lipinski definition) is 2. The molecule has 0 saturated carbocycles. The van der Waals surface area contributed by atoms with Crippen LogP contribution < -0.4 is 15.4 Å². The number of methoxy groups -OCH3 is 1. The third-order valence-electron chi connectivity index (χ3n) is 3.94. The maximum absolute atomic E-state index is 12.4. The minimum Gasteiger partial charge on any atom is -0.497 e. The van der Waals surface area contributed by atoms with Gasteiger partial charge in [0.1, 0.15) is 5.75 Å². The second-order valence-corrected chi connectivity index (χ2v) is 8.35. The highest BCUT2D eigenvalue weighted by atomic mass is 127. The van der Waals surface area contributed by atoms with Crippen molar-refractivity contribution in [3.05, 3.63) is 81.9 Å². The fraction of sp³-hybridized carbons (Fsp3) is 0.0909. The van der Waals surface area contributed by atoms with Gasteiger partial charge in [0.05, 0.1) is 12.9 Å². The van der Waals surface area contributed by atoms with Gasteiger partial charge >= 0.3 is 0 Å². The highest BCUT2D eigenvalue weighted by Gasteiger charge is 2.08. The molecule has 29 heavy (non-hydrogen) atoms. The molecule has 0 atom stereocenters. The van der Waals surface area contributed by atoms with Crippen molar-refractivity contribution in [1.29, 1.82) is 0 Å². The van der Waals surface area contributed by atoms with E-state index in [0.29, 0.717) is 17.0 Å². The molecule has 0 saturated heterocycles. The summed E-state index contributed by atoms with van der Waals surface area (Å²) in [5.74, 6) is 0.695. The van der Waals surface area contributed by atoms with E-state index < -0.39 is 0 Å². The first-order chi connectivity index (χ1) is 14.0. The predicted molar refractivity (Wildman–Crippen MR) is 126 cm³/mol. The van der Waals surface area contributed by atoms with Crippen molar-refractivity contribution in [3.8, 4) is 5.75 Å². The van der Waals surface area contributed by atoms with E-state index in [1.54, 1.807) is 31.4 Å². The van der Waals surface area contributed by atoms with Crippen LogP contribution in [0.2, 0.25) is 0 Å². The van der Waals surface area contributed by atoms with Crippen LogP contribution in [-0.4, -0.2) is 24.7 Å². The Morgan fingerprint density at radius 3 is 2.34 bits per heavy atom. The fourth-order valence-corrected chi connectivity index (χ4v) is 3.60. The first-order valence-electron chi connectivity index (χ1n) is 8.77. The Morgan fingerprint density at radius 2 is 1.66 bits per heavy atom. The van der Waals surface area contributed by atoms with Crippen molar-refractivity contribution < 1.29 is 14.3 Å². The van der Waals surface area contributed by atoms with E-state index in [4.69, 9.17) is 4.74 Å². The number of thioether (sulfide) groups is 1. The second-order valence-electron chi connectivity index (χ2n) is 6.05. The van der Waals surface area contributed by atoms with Crippen LogP contribution in [0.15, 0.2) is 77.7 Å². The lowest BCUT2D eigenvalue weighted by Crippen LogP contribution is -2.14. The number of ether oxygens (including phenoxy) is 1. The van der Waals surface area contributed by atoms with E-state index in [1.807, 2.05) is 48.5 Å². The Morgan fingerprint density at radius 1 is 0.931 bits per heavy atom. The molecule has 5 nitrogen and oxygen atoms in total. The van der Waals surface area contributed by atoms with E-state index in [1.165, 1.54) is 11.8 Å². The number of anilines is 2. The third-order valence-corrected chi connectivity index (χ3v) is 5.65. The van der Waals surface area contributed by atoms with Crippen molar-refractivity contribution in [2.45, 2.75) is 4.90 Å². The van der Waals surface area contributed by atoms with E-state index >= 15 is 0 Å². The van der Waals surface area contributed by atoms with Crippen molar-refractivity contribution >= 4 is 57.5 Å². The molecule has 0 aliphatic heterocycles. The maximum Gasteiger partial charge on any atom is 0.255 e. The highest BCUT2D eigenvalue weighted by Crippen LogP contribution is 2.23. The van der Waals surface area contributed by atoms with E-state index in [0.717, 1.165) is 14.2 Å². The fourth-order valence-electron chi connectivity index (χ4n) is 2.49. The van der Waals surface area contributed by atoms with Crippen molar-refractivity contribution in [2.24, 2.45) is 0 Å². The number of benzene rings is 3. The van der Waals surface area contributed by atoms with Crippen molar-refractivity contribution in [2.75, 3.05) is 23.5 Å². The van der Waals surface area contributed by atoms with Crippen LogP contribution in [0.4, 0.5) is 11.4 Å². The van der Waals surface area contributed by atoms with Gasteiger partial charge in [-0.2, -0.15) is 0 Å². The zero-order valence-corrected chi connectivity index (χ0v) is 18.6. The van der Waals surface area contributed by atoms with Gasteiger partial charge < -0.3 is 15.4 Å². The second kappa shape index (κ2) is 10.3. The molecule has 0 heterocycles. The van der Waals surface area contributed by atoms with Crippen molar-refractivity contribution in [1.82, 2.24) is 0 Å². The normalized spacial score (nSPS) is 10.3. The molecule has 7 heteroatoms. The van der Waals surface area contributed by atoms with Crippen molar-refractivity contribution in [3.63, 3.8) is 0 Å². The zero-order chi connectivity index (χ0) is 20.6. The Hall–Kier alpha value is -2.52. The molecule has 0 aliphatic rings. The average molecular weight is 518 g/mol. The molecule has 0 aromatic heterocycles. The summed E-state index contributed by atoms with van der Waals surface area (Å²) in [6.45, 7) is 0. The summed E-state index contributed by atoms with van der Waals surface area (Å²) >= 11 is 3.63. The quantitative estimate of drug-likeness (QED) is 0.330. The summed E-state index contributed by atoms with van der Waals surface area (Å²) in [6, 6.07) is 22.0. The van der Waals surface area contributed by atoms with E-state index in [9.17, 15) is 9.59 Å². The Bertz CT molecular complexity index is 992. The van der Waals surface area contributed by atoms with Crippen LogP contribution in [0.3, 0.4) is 0 Å². The minimum atomic E-state index is -0.203. The molecule has 0 fully saturated rings. The molecular formula is C22H19IN2O3S. The first-order valence-corrected chi connectivity index (χ1v) is 10.8. The SMILES string of the molecule is COc1ccc(C(=O)Nc2cccc(SCC(=O)Nc3ccc(I)cc3)c2)cc1. The van der Waals surface area contributed by atoms with Gasteiger partial charge in [0.25, 0.3) is 5.91 Å². The molecule has 0 aliphatic carbocycles. The summed E-state index contributed by atoms with van der Waals surface area (Å²) in [6.07, 6.45) is 0. The van der Waals surface area contributed by atoms with E-state index in [-0.39, 0.29) is 17.6 Å². The number of rotatable bonds is 7. The number of amides is 2. The lowest BCUT2D eigenvalue weighted by molar-refractivity contribution is -0.113. The Labute approximate surface area is 187 Å². The van der Waals surface area contributed by atoms with Crippen LogP contribution in [0.5, 0.6) is 5.75 Å². The molecule has 3 rings (SSSR count). The van der Waals surface area contributed by atoms with Crippen LogP contribution in [0, 0.1) is 3.57 Å². The summed E-state index contributed by atoms with van der Waals surface area (Å²) < 4.78 is 6.22. The standard InChI is InChI=1S/C22H19IN2O3S/c1-28-19-11-5-15(6-12-19)22(27)25-18-3-2-4-20(13-18)29-14-21(26)24-17-9-7-16(23)8-10-17/h2-13H,14H2,1H3,(H,24,26)(H,25,27). The highest BCUT2D eigenvalue weighted by molar-refractivity contribution is 14.1. The lowest BCUT2D eigenvalue weighted by atomic mass is 10.2. The Kier molecular flexibility index (Phi) is 7.54. The molecule has 3 aromatic carbocycles. The molecule has 2 N–H and O–H groups in total. The summed E-state index contributed by atoms with van der Waals surface area (Å²) in [4.78, 5) is 25.5. The van der Waals surface area contributed by atoms with Crippen LogP contribution >= 0.6 is 34.4 Å². The molecular weight excluding hydrogens is 499 g/mol. The molecule has 148 valence electrons. The topological polar surface area (TPSA) is 67.4 Å². The largest absolute Gasteiger partial charge is 0.497 e. The summed E-state index contributed by atoms with van der Waals surface area (Å²) in [7, 11) is 1.58. The van der Waals surface area contributed by atoms with Gasteiger partial charge in [-0.3, -0.25) is 9.59 Å². The molecule has 2 amide bonds. The molecule has 0 unspecified atom stereocenters.